The minimum atomic E-state index is -0.0127. The van der Waals surface area contributed by atoms with Crippen molar-refractivity contribution >= 4 is 21.8 Å². The molecule has 21 heavy (non-hydrogen) atoms. The van der Waals surface area contributed by atoms with Gasteiger partial charge in [-0.2, -0.15) is 0 Å². The van der Waals surface area contributed by atoms with E-state index in [-0.39, 0.29) is 11.9 Å². The summed E-state index contributed by atoms with van der Waals surface area (Å²) in [5.41, 5.74) is 3.32. The number of amides is 1. The molecule has 0 spiro atoms. The summed E-state index contributed by atoms with van der Waals surface area (Å²) in [5, 5.41) is 0. The van der Waals surface area contributed by atoms with Crippen molar-refractivity contribution in [3.8, 4) is 0 Å². The molecule has 4 heteroatoms. The number of hydrogen-bond donors (Lipinski definition) is 0. The Morgan fingerprint density at radius 3 is 2.62 bits per heavy atom. The number of nitrogens with zero attached hydrogens (tertiary/aromatic N) is 1. The van der Waals surface area contributed by atoms with E-state index in [0.717, 1.165) is 24.9 Å². The third-order valence-electron chi connectivity index (χ3n) is 4.06. The first-order valence-corrected chi connectivity index (χ1v) is 7.99. The van der Waals surface area contributed by atoms with Crippen molar-refractivity contribution < 1.29 is 9.21 Å². The van der Waals surface area contributed by atoms with E-state index < -0.39 is 0 Å². The minimum absolute atomic E-state index is 0.0127. The van der Waals surface area contributed by atoms with Crippen LogP contribution in [0.2, 0.25) is 0 Å². The van der Waals surface area contributed by atoms with Crippen LogP contribution in [0.3, 0.4) is 0 Å². The van der Waals surface area contributed by atoms with Gasteiger partial charge in [-0.15, -0.1) is 0 Å². The van der Waals surface area contributed by atoms with Crippen molar-refractivity contribution in [2.24, 2.45) is 0 Å². The van der Waals surface area contributed by atoms with Crippen LogP contribution in [-0.2, 0) is 0 Å². The lowest BCUT2D eigenvalue weighted by Crippen LogP contribution is -2.30. The van der Waals surface area contributed by atoms with Crippen LogP contribution in [0.25, 0.3) is 0 Å². The van der Waals surface area contributed by atoms with Gasteiger partial charge in [-0.3, -0.25) is 4.79 Å². The molecule has 0 bridgehead atoms. The van der Waals surface area contributed by atoms with E-state index in [1.807, 2.05) is 17.9 Å². The number of halogens is 1. The number of furan rings is 1. The molecule has 1 saturated heterocycles. The van der Waals surface area contributed by atoms with Gasteiger partial charge in [0.05, 0.1) is 6.04 Å². The van der Waals surface area contributed by atoms with E-state index in [9.17, 15) is 4.79 Å². The number of carbonyl (C=O) groups is 1. The summed E-state index contributed by atoms with van der Waals surface area (Å²) in [7, 11) is 0. The first kappa shape index (κ1) is 14.4. The van der Waals surface area contributed by atoms with Crippen molar-refractivity contribution in [3.05, 3.63) is 57.5 Å². The van der Waals surface area contributed by atoms with Crippen LogP contribution in [0.5, 0.6) is 0 Å². The minimum Gasteiger partial charge on any atom is -0.444 e. The predicted molar refractivity (Wildman–Crippen MR) is 85.3 cm³/mol. The molecule has 2 heterocycles. The quantitative estimate of drug-likeness (QED) is 0.792. The number of likely N-dealkylation sites (tertiary alicyclic amines) is 1. The van der Waals surface area contributed by atoms with Gasteiger partial charge in [-0.25, -0.2) is 0 Å². The van der Waals surface area contributed by atoms with Crippen LogP contribution < -0.4 is 0 Å². The second kappa shape index (κ2) is 5.68. The molecule has 3 rings (SSSR count). The maximum absolute atomic E-state index is 12.7. The number of aryl methyl sites for hydroxylation is 2. The van der Waals surface area contributed by atoms with Crippen LogP contribution in [0.1, 0.15) is 46.1 Å². The summed E-state index contributed by atoms with van der Waals surface area (Å²) in [5.74, 6) is 0.433. The third kappa shape index (κ3) is 2.77. The van der Waals surface area contributed by atoms with Crippen LogP contribution >= 0.6 is 15.9 Å². The van der Waals surface area contributed by atoms with E-state index in [2.05, 4.69) is 47.1 Å². The Balaban J connectivity index is 1.88. The summed E-state index contributed by atoms with van der Waals surface area (Å²) >= 11 is 3.29. The van der Waals surface area contributed by atoms with Crippen LogP contribution in [-0.4, -0.2) is 17.4 Å². The van der Waals surface area contributed by atoms with E-state index in [4.69, 9.17) is 4.42 Å². The van der Waals surface area contributed by atoms with E-state index in [1.165, 1.54) is 11.1 Å². The molecule has 1 fully saturated rings. The number of rotatable bonds is 2. The predicted octanol–water partition coefficient (Wildman–Crippen LogP) is 4.64. The average Bonchev–Trinajstić information content (AvgIpc) is 3.05. The SMILES string of the molecule is Cc1ccc(C2CCCN2C(=O)c2oc(Br)cc2C)cc1. The van der Waals surface area contributed by atoms with Crippen LogP contribution in [0.15, 0.2) is 39.4 Å². The summed E-state index contributed by atoms with van der Waals surface area (Å²) in [6.07, 6.45) is 2.04. The molecule has 110 valence electrons. The Morgan fingerprint density at radius 1 is 1.29 bits per heavy atom. The maximum Gasteiger partial charge on any atom is 0.290 e. The molecule has 1 aliphatic heterocycles. The molecule has 1 aromatic heterocycles. The zero-order valence-electron chi connectivity index (χ0n) is 12.2. The molecule has 1 aliphatic rings. The van der Waals surface area contributed by atoms with Crippen molar-refractivity contribution in [3.63, 3.8) is 0 Å². The zero-order valence-corrected chi connectivity index (χ0v) is 13.8. The first-order chi connectivity index (χ1) is 10.1. The van der Waals surface area contributed by atoms with Gasteiger partial charge in [0, 0.05) is 12.1 Å². The largest absolute Gasteiger partial charge is 0.444 e. The zero-order chi connectivity index (χ0) is 15.0. The van der Waals surface area contributed by atoms with Crippen molar-refractivity contribution in [1.29, 1.82) is 0 Å². The van der Waals surface area contributed by atoms with Crippen molar-refractivity contribution in [2.45, 2.75) is 32.7 Å². The molecule has 0 N–H and O–H groups in total. The highest BCUT2D eigenvalue weighted by atomic mass is 79.9. The van der Waals surface area contributed by atoms with Gasteiger partial charge in [-0.05, 0) is 54.2 Å². The monoisotopic (exact) mass is 347 g/mol. The Bertz CT molecular complexity index is 660. The number of carbonyl (C=O) groups excluding carboxylic acids is 1. The van der Waals surface area contributed by atoms with E-state index in [0.29, 0.717) is 10.4 Å². The highest BCUT2D eigenvalue weighted by Gasteiger charge is 2.32. The first-order valence-electron chi connectivity index (χ1n) is 7.20. The molecule has 1 unspecified atom stereocenters. The average molecular weight is 348 g/mol. The molecular weight excluding hydrogens is 330 g/mol. The maximum atomic E-state index is 12.7. The highest BCUT2D eigenvalue weighted by Crippen LogP contribution is 2.34. The third-order valence-corrected chi connectivity index (χ3v) is 4.45. The van der Waals surface area contributed by atoms with Gasteiger partial charge >= 0.3 is 0 Å². The standard InChI is InChI=1S/C17H18BrNO2/c1-11-5-7-13(8-6-11)14-4-3-9-19(14)17(20)16-12(2)10-15(18)21-16/h5-8,10,14H,3-4,9H2,1-2H3. The Kier molecular flexibility index (Phi) is 3.89. The van der Waals surface area contributed by atoms with Gasteiger partial charge in [0.15, 0.2) is 10.4 Å². The molecule has 0 aliphatic carbocycles. The molecule has 0 saturated carbocycles. The summed E-state index contributed by atoms with van der Waals surface area (Å²) in [4.78, 5) is 14.7. The van der Waals surface area contributed by atoms with E-state index >= 15 is 0 Å². The lowest BCUT2D eigenvalue weighted by molar-refractivity contribution is 0.0701. The molecule has 1 atom stereocenters. The fourth-order valence-corrected chi connectivity index (χ4v) is 3.44. The molecule has 1 amide bonds. The molecule has 1 aromatic carbocycles. The Labute approximate surface area is 133 Å². The number of hydrogen-bond acceptors (Lipinski definition) is 2. The van der Waals surface area contributed by atoms with Gasteiger partial charge < -0.3 is 9.32 Å². The van der Waals surface area contributed by atoms with Gasteiger partial charge in [0.1, 0.15) is 0 Å². The Hall–Kier alpha value is -1.55. The molecule has 0 radical (unpaired) electrons. The normalized spacial score (nSPS) is 18.2. The summed E-state index contributed by atoms with van der Waals surface area (Å²) in [6, 6.07) is 10.4. The molecule has 3 nitrogen and oxygen atoms in total. The van der Waals surface area contributed by atoms with Crippen molar-refractivity contribution in [1.82, 2.24) is 4.90 Å². The van der Waals surface area contributed by atoms with Crippen molar-refractivity contribution in [2.75, 3.05) is 6.54 Å². The lowest BCUT2D eigenvalue weighted by Gasteiger charge is -2.24. The Morgan fingerprint density at radius 2 is 2.00 bits per heavy atom. The molecular formula is C17H18BrNO2. The number of benzene rings is 1. The topological polar surface area (TPSA) is 33.5 Å². The highest BCUT2D eigenvalue weighted by molar-refractivity contribution is 9.10. The van der Waals surface area contributed by atoms with Gasteiger partial charge in [-0.1, -0.05) is 29.8 Å². The smallest absolute Gasteiger partial charge is 0.290 e. The fourth-order valence-electron chi connectivity index (χ4n) is 2.93. The molecule has 2 aromatic rings. The second-order valence-corrected chi connectivity index (χ2v) is 6.41. The summed E-state index contributed by atoms with van der Waals surface area (Å²) in [6.45, 7) is 4.76. The van der Waals surface area contributed by atoms with E-state index in [1.54, 1.807) is 0 Å². The summed E-state index contributed by atoms with van der Waals surface area (Å²) < 4.78 is 6.12. The van der Waals surface area contributed by atoms with Crippen LogP contribution in [0, 0.1) is 13.8 Å². The van der Waals surface area contributed by atoms with Gasteiger partial charge in [0.2, 0.25) is 0 Å². The second-order valence-electron chi connectivity index (χ2n) is 5.63. The lowest BCUT2D eigenvalue weighted by atomic mass is 10.0. The fraction of sp³-hybridized carbons (Fsp3) is 0.353. The van der Waals surface area contributed by atoms with Gasteiger partial charge in [0.25, 0.3) is 5.91 Å². The van der Waals surface area contributed by atoms with Crippen LogP contribution in [0.4, 0.5) is 0 Å².